The second-order valence-electron chi connectivity index (χ2n) is 5.42. The molecule has 1 aliphatic carbocycles. The highest BCUT2D eigenvalue weighted by Crippen LogP contribution is 2.18. The van der Waals surface area contributed by atoms with E-state index in [1.807, 2.05) is 25.1 Å². The van der Waals surface area contributed by atoms with Crippen molar-refractivity contribution in [3.05, 3.63) is 42.1 Å². The third-order valence-corrected chi connectivity index (χ3v) is 3.60. The van der Waals surface area contributed by atoms with Crippen molar-refractivity contribution in [3.8, 4) is 0 Å². The summed E-state index contributed by atoms with van der Waals surface area (Å²) in [4.78, 5) is 16.1. The molecule has 1 aromatic heterocycles. The van der Waals surface area contributed by atoms with Crippen LogP contribution in [0.25, 0.3) is 10.9 Å². The van der Waals surface area contributed by atoms with E-state index < -0.39 is 0 Å². The number of benzene rings is 1. The lowest BCUT2D eigenvalue weighted by molar-refractivity contribution is -0.122. The summed E-state index contributed by atoms with van der Waals surface area (Å²) in [7, 11) is 0. The Morgan fingerprint density at radius 1 is 1.40 bits per heavy atom. The van der Waals surface area contributed by atoms with Crippen molar-refractivity contribution in [2.75, 3.05) is 0 Å². The minimum absolute atomic E-state index is 0.0926. The molecule has 2 aromatic rings. The molecule has 1 unspecified atom stereocenters. The van der Waals surface area contributed by atoms with Gasteiger partial charge in [0.15, 0.2) is 0 Å². The number of carbonyl (C=O) groups is 1. The highest BCUT2D eigenvalue weighted by Gasteiger charge is 2.25. The Kier molecular flexibility index (Phi) is 3.65. The van der Waals surface area contributed by atoms with Gasteiger partial charge in [-0.2, -0.15) is 0 Å². The van der Waals surface area contributed by atoms with E-state index in [0.717, 1.165) is 29.3 Å². The molecule has 104 valence electrons. The molecular formula is C16H19N3O. The molecule has 4 nitrogen and oxygen atoms in total. The molecule has 4 heteroatoms. The maximum absolute atomic E-state index is 11.8. The number of nitrogens with zero attached hydrogens (tertiary/aromatic N) is 1. The normalized spacial score (nSPS) is 16.1. The maximum atomic E-state index is 11.8. The second kappa shape index (κ2) is 5.59. The Bertz CT molecular complexity index is 622. The molecule has 1 heterocycles. The van der Waals surface area contributed by atoms with Crippen molar-refractivity contribution >= 4 is 16.8 Å². The van der Waals surface area contributed by atoms with Crippen LogP contribution in [0.2, 0.25) is 0 Å². The number of nitrogens with one attached hydrogen (secondary N) is 2. The number of rotatable bonds is 5. The Hall–Kier alpha value is -1.94. The van der Waals surface area contributed by atoms with Crippen LogP contribution in [-0.2, 0) is 11.3 Å². The Labute approximate surface area is 118 Å². The molecule has 2 N–H and O–H groups in total. The zero-order valence-corrected chi connectivity index (χ0v) is 11.6. The lowest BCUT2D eigenvalue weighted by Gasteiger charge is -2.14. The van der Waals surface area contributed by atoms with E-state index in [0.29, 0.717) is 12.6 Å². The van der Waals surface area contributed by atoms with Crippen LogP contribution in [0.3, 0.4) is 0 Å². The van der Waals surface area contributed by atoms with Crippen molar-refractivity contribution < 1.29 is 4.79 Å². The van der Waals surface area contributed by atoms with Gasteiger partial charge in [-0.1, -0.05) is 12.1 Å². The fourth-order valence-corrected chi connectivity index (χ4v) is 2.15. The van der Waals surface area contributed by atoms with E-state index in [2.05, 4.69) is 27.8 Å². The number of aromatic nitrogens is 1. The number of hydrogen-bond acceptors (Lipinski definition) is 3. The maximum Gasteiger partial charge on any atom is 0.237 e. The zero-order valence-electron chi connectivity index (χ0n) is 11.6. The fraction of sp³-hybridized carbons (Fsp3) is 0.375. The van der Waals surface area contributed by atoms with Gasteiger partial charge in [0.25, 0.3) is 0 Å². The molecule has 20 heavy (non-hydrogen) atoms. The molecule has 0 bridgehead atoms. The summed E-state index contributed by atoms with van der Waals surface area (Å²) in [6.45, 7) is 2.59. The molecule has 1 saturated carbocycles. The quantitative estimate of drug-likeness (QED) is 0.873. The number of carbonyl (C=O) groups excluding carboxylic acids is 1. The summed E-state index contributed by atoms with van der Waals surface area (Å²) in [6.07, 6.45) is 4.04. The van der Waals surface area contributed by atoms with Crippen LogP contribution in [0, 0.1) is 0 Å². The summed E-state index contributed by atoms with van der Waals surface area (Å²) < 4.78 is 0. The fourth-order valence-electron chi connectivity index (χ4n) is 2.15. The molecule has 0 aliphatic heterocycles. The van der Waals surface area contributed by atoms with Gasteiger partial charge in [0, 0.05) is 24.2 Å². The number of hydrogen-bond donors (Lipinski definition) is 2. The minimum atomic E-state index is -0.166. The third kappa shape index (κ3) is 3.14. The molecule has 1 aromatic carbocycles. The summed E-state index contributed by atoms with van der Waals surface area (Å²) >= 11 is 0. The van der Waals surface area contributed by atoms with E-state index in [1.54, 1.807) is 6.20 Å². The van der Waals surface area contributed by atoms with Gasteiger partial charge in [0.1, 0.15) is 0 Å². The molecule has 0 spiro atoms. The molecule has 0 saturated heterocycles. The monoisotopic (exact) mass is 269 g/mol. The van der Waals surface area contributed by atoms with E-state index in [1.165, 1.54) is 0 Å². The molecular weight excluding hydrogens is 250 g/mol. The SMILES string of the molecule is CC(NCc1ccc2ncccc2c1)C(=O)NC1CC1. The van der Waals surface area contributed by atoms with Gasteiger partial charge in [-0.25, -0.2) is 0 Å². The highest BCUT2D eigenvalue weighted by molar-refractivity contribution is 5.82. The Morgan fingerprint density at radius 2 is 2.25 bits per heavy atom. The van der Waals surface area contributed by atoms with Crippen LogP contribution in [0.1, 0.15) is 25.3 Å². The van der Waals surface area contributed by atoms with Crippen molar-refractivity contribution in [3.63, 3.8) is 0 Å². The predicted octanol–water partition coefficient (Wildman–Crippen LogP) is 1.99. The van der Waals surface area contributed by atoms with Gasteiger partial charge in [0.05, 0.1) is 11.6 Å². The van der Waals surface area contributed by atoms with E-state index >= 15 is 0 Å². The largest absolute Gasteiger partial charge is 0.352 e. The van der Waals surface area contributed by atoms with Crippen LogP contribution >= 0.6 is 0 Å². The topological polar surface area (TPSA) is 54.0 Å². The van der Waals surface area contributed by atoms with Gasteiger partial charge < -0.3 is 10.6 Å². The average molecular weight is 269 g/mol. The van der Waals surface area contributed by atoms with Gasteiger partial charge in [-0.3, -0.25) is 9.78 Å². The van der Waals surface area contributed by atoms with E-state index in [-0.39, 0.29) is 11.9 Å². The highest BCUT2D eigenvalue weighted by atomic mass is 16.2. The van der Waals surface area contributed by atoms with Crippen LogP contribution in [0.4, 0.5) is 0 Å². The van der Waals surface area contributed by atoms with Gasteiger partial charge in [-0.15, -0.1) is 0 Å². The first-order chi connectivity index (χ1) is 9.72. The number of pyridine rings is 1. The summed E-state index contributed by atoms with van der Waals surface area (Å²) in [5.41, 5.74) is 2.16. The molecule has 3 rings (SSSR count). The van der Waals surface area contributed by atoms with Crippen LogP contribution in [0.15, 0.2) is 36.5 Å². The Balaban J connectivity index is 1.59. The van der Waals surface area contributed by atoms with Crippen molar-refractivity contribution in [1.82, 2.24) is 15.6 Å². The minimum Gasteiger partial charge on any atom is -0.352 e. The van der Waals surface area contributed by atoms with E-state index in [9.17, 15) is 4.79 Å². The van der Waals surface area contributed by atoms with Crippen molar-refractivity contribution in [2.45, 2.75) is 38.4 Å². The van der Waals surface area contributed by atoms with Crippen molar-refractivity contribution in [2.24, 2.45) is 0 Å². The molecule has 1 aliphatic rings. The molecule has 0 radical (unpaired) electrons. The second-order valence-corrected chi connectivity index (χ2v) is 5.42. The smallest absolute Gasteiger partial charge is 0.237 e. The van der Waals surface area contributed by atoms with Crippen LogP contribution < -0.4 is 10.6 Å². The zero-order chi connectivity index (χ0) is 13.9. The van der Waals surface area contributed by atoms with Crippen molar-refractivity contribution in [1.29, 1.82) is 0 Å². The predicted molar refractivity (Wildman–Crippen MR) is 79.2 cm³/mol. The first-order valence-corrected chi connectivity index (χ1v) is 7.10. The first kappa shape index (κ1) is 13.1. The number of fused-ring (bicyclic) bond motifs is 1. The van der Waals surface area contributed by atoms with E-state index in [4.69, 9.17) is 0 Å². The summed E-state index contributed by atoms with van der Waals surface area (Å²) in [5.74, 6) is 0.0926. The van der Waals surface area contributed by atoms with Gasteiger partial charge in [0.2, 0.25) is 5.91 Å². The van der Waals surface area contributed by atoms with Gasteiger partial charge >= 0.3 is 0 Å². The van der Waals surface area contributed by atoms with Crippen LogP contribution in [-0.4, -0.2) is 23.0 Å². The summed E-state index contributed by atoms with van der Waals surface area (Å²) in [6, 6.07) is 10.4. The first-order valence-electron chi connectivity index (χ1n) is 7.10. The number of amides is 1. The third-order valence-electron chi connectivity index (χ3n) is 3.60. The molecule has 1 atom stereocenters. The van der Waals surface area contributed by atoms with Crippen LogP contribution in [0.5, 0.6) is 0 Å². The standard InChI is InChI=1S/C16H19N3O/c1-11(16(20)19-14-5-6-14)18-10-12-4-7-15-13(9-12)3-2-8-17-15/h2-4,7-9,11,14,18H,5-6,10H2,1H3,(H,19,20). The van der Waals surface area contributed by atoms with Gasteiger partial charge in [-0.05, 0) is 43.5 Å². The summed E-state index contributed by atoms with van der Waals surface area (Å²) in [5, 5.41) is 7.40. The molecule has 1 amide bonds. The lowest BCUT2D eigenvalue weighted by atomic mass is 10.1. The Morgan fingerprint density at radius 3 is 3.05 bits per heavy atom. The lowest BCUT2D eigenvalue weighted by Crippen LogP contribution is -2.42. The average Bonchev–Trinajstić information content (AvgIpc) is 3.28. The molecule has 1 fully saturated rings.